The molecule has 2 nitrogen and oxygen atoms in total. The van der Waals surface area contributed by atoms with Crippen LogP contribution in [0.2, 0.25) is 0 Å². The molecule has 0 saturated carbocycles. The molecule has 0 radical (unpaired) electrons. The van der Waals surface area contributed by atoms with Crippen LogP contribution in [0.25, 0.3) is 44.5 Å². The molecule has 4 heterocycles. The van der Waals surface area contributed by atoms with Crippen molar-refractivity contribution in [3.05, 3.63) is 200 Å². The van der Waals surface area contributed by atoms with Crippen LogP contribution in [0.4, 0.5) is 34.1 Å². The van der Waals surface area contributed by atoms with Gasteiger partial charge in [0.2, 0.25) is 0 Å². The molecular weight excluding hydrogens is 800 g/mol. The van der Waals surface area contributed by atoms with Gasteiger partial charge in [-0.2, -0.15) is 0 Å². The molecule has 5 heteroatoms. The lowest BCUT2D eigenvalue weighted by Gasteiger charge is -2.47. The third-order valence-corrected chi connectivity index (χ3v) is 15.7. The summed E-state index contributed by atoms with van der Waals surface area (Å²) in [6.45, 7) is 7.06. The van der Waals surface area contributed by atoms with Crippen molar-refractivity contribution in [2.75, 3.05) is 9.80 Å². The molecule has 63 heavy (non-hydrogen) atoms. The third kappa shape index (κ3) is 5.49. The van der Waals surface area contributed by atoms with Crippen molar-refractivity contribution < 1.29 is 0 Å². The fraction of sp³-hybridized carbons (Fsp3) is 0.0690. The molecular formula is C58H41BN2S2. The summed E-state index contributed by atoms with van der Waals surface area (Å²) in [6.07, 6.45) is 0. The Morgan fingerprint density at radius 1 is 0.349 bits per heavy atom. The Morgan fingerprint density at radius 3 is 1.08 bits per heavy atom. The Morgan fingerprint density at radius 2 is 0.683 bits per heavy atom. The van der Waals surface area contributed by atoms with Crippen molar-refractivity contribution in [2.24, 2.45) is 0 Å². The van der Waals surface area contributed by atoms with E-state index >= 15 is 0 Å². The highest BCUT2D eigenvalue weighted by molar-refractivity contribution is 8.00. The molecule has 0 aliphatic carbocycles. The normalized spacial score (nSPS) is 13.7. The SMILES string of the molecule is CC(C)(C)c1cc2c3c(c1)N1c4ccccc4-c4ccccc4Sc4ccccc4-c4cccc(c41)B3c1cccc3c1N2c1ccccc1-c1ccccc1Sc1ccccc1-3. The summed E-state index contributed by atoms with van der Waals surface area (Å²) in [5.41, 5.74) is 22.4. The van der Waals surface area contributed by atoms with Crippen LogP contribution in [0.3, 0.4) is 0 Å². The van der Waals surface area contributed by atoms with Crippen LogP contribution in [0.5, 0.6) is 0 Å². The van der Waals surface area contributed by atoms with E-state index in [0.29, 0.717) is 0 Å². The summed E-state index contributed by atoms with van der Waals surface area (Å²) in [6, 6.07) is 73.4. The maximum atomic E-state index is 2.65. The molecule has 298 valence electrons. The summed E-state index contributed by atoms with van der Waals surface area (Å²) in [7, 11) is 0. The van der Waals surface area contributed by atoms with Crippen LogP contribution < -0.4 is 26.2 Å². The average molecular weight is 841 g/mol. The highest BCUT2D eigenvalue weighted by atomic mass is 32.2. The predicted octanol–water partition coefficient (Wildman–Crippen LogP) is 14.7. The molecule has 0 amide bonds. The minimum absolute atomic E-state index is 0.0363. The summed E-state index contributed by atoms with van der Waals surface area (Å²) in [5.74, 6) is 0. The first-order chi connectivity index (χ1) is 30.9. The second-order valence-electron chi connectivity index (χ2n) is 18.0. The van der Waals surface area contributed by atoms with Crippen molar-refractivity contribution in [3.63, 3.8) is 0 Å². The number of benzene rings is 9. The molecule has 4 aliphatic rings. The zero-order valence-electron chi connectivity index (χ0n) is 35.3. The van der Waals surface area contributed by atoms with E-state index in [9.17, 15) is 0 Å². The second-order valence-corrected chi connectivity index (χ2v) is 20.2. The van der Waals surface area contributed by atoms with Gasteiger partial charge in [0.05, 0.1) is 11.4 Å². The fourth-order valence-corrected chi connectivity index (χ4v) is 12.8. The van der Waals surface area contributed by atoms with Crippen LogP contribution >= 0.6 is 23.5 Å². The number of anilines is 6. The highest BCUT2D eigenvalue weighted by Gasteiger charge is 2.46. The molecule has 0 bridgehead atoms. The monoisotopic (exact) mass is 840 g/mol. The van der Waals surface area contributed by atoms with Crippen molar-refractivity contribution in [1.29, 1.82) is 0 Å². The molecule has 0 aromatic heterocycles. The third-order valence-electron chi connectivity index (χ3n) is 13.4. The number of hydrogen-bond acceptors (Lipinski definition) is 4. The zero-order chi connectivity index (χ0) is 42.0. The van der Waals surface area contributed by atoms with E-state index < -0.39 is 0 Å². The molecule has 0 spiro atoms. The largest absolute Gasteiger partial charge is 0.310 e. The van der Waals surface area contributed by atoms with Gasteiger partial charge in [-0.1, -0.05) is 190 Å². The van der Waals surface area contributed by atoms with E-state index in [1.165, 1.54) is 120 Å². The van der Waals surface area contributed by atoms with Crippen LogP contribution in [0.15, 0.2) is 214 Å². The summed E-state index contributed by atoms with van der Waals surface area (Å²) in [5, 5.41) is 0. The van der Waals surface area contributed by atoms with Crippen LogP contribution in [0.1, 0.15) is 26.3 Å². The van der Waals surface area contributed by atoms with E-state index in [0.717, 1.165) is 0 Å². The van der Waals surface area contributed by atoms with Crippen LogP contribution in [-0.4, -0.2) is 6.71 Å². The quantitative estimate of drug-likeness (QED) is 0.140. The van der Waals surface area contributed by atoms with Crippen molar-refractivity contribution in [1.82, 2.24) is 0 Å². The van der Waals surface area contributed by atoms with Crippen molar-refractivity contribution >= 4 is 80.7 Å². The first-order valence-electron chi connectivity index (χ1n) is 21.9. The maximum Gasteiger partial charge on any atom is 0.252 e. The molecule has 9 aromatic carbocycles. The number of hydrogen-bond donors (Lipinski definition) is 0. The lowest BCUT2D eigenvalue weighted by Crippen LogP contribution is -2.61. The molecule has 0 N–H and O–H groups in total. The highest BCUT2D eigenvalue weighted by Crippen LogP contribution is 2.56. The molecule has 13 rings (SSSR count). The number of rotatable bonds is 0. The van der Waals surface area contributed by atoms with Gasteiger partial charge in [-0.25, -0.2) is 0 Å². The van der Waals surface area contributed by atoms with Crippen molar-refractivity contribution in [3.8, 4) is 44.5 Å². The van der Waals surface area contributed by atoms with Gasteiger partial charge in [-0.3, -0.25) is 0 Å². The standard InChI is InChI=1S/C58H41BN2S2/c1-58(2,3)36-34-49-55-50(35-36)61-48-29-11-5-19-38(48)40-21-7-13-31-52(40)63-54-33-15-9-23-42(54)44-25-17-27-46(57(44)61)59(55)45-26-16-24-43-41-22-8-14-32-53(41)62-51-30-12-6-20-39(51)37-18-4-10-28-47(37)60(49)56(43)45/h4-35H,1-3H3. The Bertz CT molecular complexity index is 3170. The smallest absolute Gasteiger partial charge is 0.252 e. The molecule has 0 atom stereocenters. The Kier molecular flexibility index (Phi) is 8.17. The van der Waals surface area contributed by atoms with Gasteiger partial charge in [0.1, 0.15) is 0 Å². The van der Waals surface area contributed by atoms with Gasteiger partial charge in [0, 0.05) is 64.6 Å². The number of para-hydroxylation sites is 4. The maximum absolute atomic E-state index is 2.65. The predicted molar refractivity (Wildman–Crippen MR) is 269 cm³/mol. The topological polar surface area (TPSA) is 6.48 Å². The Hall–Kier alpha value is -6.66. The van der Waals surface area contributed by atoms with E-state index in [-0.39, 0.29) is 12.1 Å². The Labute approximate surface area is 378 Å². The van der Waals surface area contributed by atoms with E-state index in [1.807, 2.05) is 23.5 Å². The summed E-state index contributed by atoms with van der Waals surface area (Å²) in [4.78, 5) is 10.3. The van der Waals surface area contributed by atoms with Gasteiger partial charge in [0.15, 0.2) is 0 Å². The lowest BCUT2D eigenvalue weighted by atomic mass is 9.33. The molecule has 9 aromatic rings. The summed E-state index contributed by atoms with van der Waals surface area (Å²) >= 11 is 3.75. The fourth-order valence-electron chi connectivity index (χ4n) is 10.6. The molecule has 0 saturated heterocycles. The number of nitrogens with zero attached hydrogens (tertiary/aromatic N) is 2. The van der Waals surface area contributed by atoms with E-state index in [2.05, 4.69) is 225 Å². The van der Waals surface area contributed by atoms with E-state index in [1.54, 1.807) is 0 Å². The zero-order valence-corrected chi connectivity index (χ0v) is 36.9. The van der Waals surface area contributed by atoms with Crippen LogP contribution in [-0.2, 0) is 5.41 Å². The second kappa shape index (κ2) is 13.9. The first kappa shape index (κ1) is 36.9. The van der Waals surface area contributed by atoms with Gasteiger partial charge in [-0.05, 0) is 98.2 Å². The first-order valence-corrected chi connectivity index (χ1v) is 23.5. The van der Waals surface area contributed by atoms with Gasteiger partial charge < -0.3 is 9.80 Å². The number of fused-ring (bicyclic) bond motifs is 16. The van der Waals surface area contributed by atoms with Gasteiger partial charge >= 0.3 is 0 Å². The van der Waals surface area contributed by atoms with Crippen molar-refractivity contribution in [2.45, 2.75) is 45.8 Å². The molecule has 4 aliphatic heterocycles. The average Bonchev–Trinajstić information content (AvgIpc) is 3.31. The molecule has 0 unspecified atom stereocenters. The summed E-state index contributed by atoms with van der Waals surface area (Å²) < 4.78 is 0. The molecule has 0 fully saturated rings. The van der Waals surface area contributed by atoms with Gasteiger partial charge in [-0.15, -0.1) is 0 Å². The minimum Gasteiger partial charge on any atom is -0.310 e. The minimum atomic E-state index is -0.153. The lowest BCUT2D eigenvalue weighted by molar-refractivity contribution is 0.590. The van der Waals surface area contributed by atoms with E-state index in [4.69, 9.17) is 0 Å². The Balaban J connectivity index is 1.23. The van der Waals surface area contributed by atoms with Gasteiger partial charge in [0.25, 0.3) is 6.71 Å². The van der Waals surface area contributed by atoms with Crippen LogP contribution in [0, 0.1) is 0 Å².